The van der Waals surface area contributed by atoms with Crippen LogP contribution in [0.3, 0.4) is 0 Å². The van der Waals surface area contributed by atoms with Gasteiger partial charge in [-0.1, -0.05) is 34.6 Å². The second kappa shape index (κ2) is 13.6. The van der Waals surface area contributed by atoms with Crippen LogP contribution >= 0.6 is 0 Å². The number of carbonyl (C=O) groups is 4. The fraction of sp³-hybridized carbons (Fsp3) is 0.763. The number of Topliss-reactive ketones (excluding diaryl/α,β-unsaturated/α-hetero) is 1. The summed E-state index contributed by atoms with van der Waals surface area (Å²) in [4.78, 5) is 71.3. The standard InChI is InChI=1S/C38H56N8O6/c1-6-36(4)17-27(37(5)22(2)7-12-38(23(3)31(36)49)13-8-26(47)30(37)38)52-35(51)43-34(50)24-9-14-44(15-10-24)28(48)19-46-21-42-29-32(40-20-41-33(29)46)45-16-11-25(39)18-45/h20-25,27,30-31,49H,6-19,39H2,1-5H3,(H,43,50,51)/t22?,23?,25?,27?,30?,31-,36+,37?,38?/m0/s1. The highest BCUT2D eigenvalue weighted by Gasteiger charge is 2.68. The van der Waals surface area contributed by atoms with Crippen molar-refractivity contribution in [2.75, 3.05) is 31.1 Å². The minimum atomic E-state index is -0.811. The van der Waals surface area contributed by atoms with Gasteiger partial charge in [-0.25, -0.2) is 19.7 Å². The van der Waals surface area contributed by atoms with Crippen LogP contribution in [0.1, 0.15) is 92.4 Å². The first-order valence-electron chi connectivity index (χ1n) is 19.4. The van der Waals surface area contributed by atoms with Crippen molar-refractivity contribution in [1.82, 2.24) is 29.7 Å². The van der Waals surface area contributed by atoms with E-state index in [1.807, 2.05) is 0 Å². The maximum atomic E-state index is 13.7. The summed E-state index contributed by atoms with van der Waals surface area (Å²) in [7, 11) is 0. The summed E-state index contributed by atoms with van der Waals surface area (Å²) >= 11 is 0. The van der Waals surface area contributed by atoms with Crippen LogP contribution in [0.2, 0.25) is 0 Å². The van der Waals surface area contributed by atoms with Crippen LogP contribution in [-0.4, -0.2) is 97.6 Å². The number of anilines is 1. The number of hydrogen-bond donors (Lipinski definition) is 3. The third-order valence-corrected chi connectivity index (χ3v) is 14.6. The quantitative estimate of drug-likeness (QED) is 0.397. The molecule has 3 aliphatic carbocycles. The van der Waals surface area contributed by atoms with Gasteiger partial charge < -0.3 is 29.9 Å². The maximum Gasteiger partial charge on any atom is 0.414 e. The van der Waals surface area contributed by atoms with Crippen LogP contribution in [-0.2, 0) is 25.7 Å². The summed E-state index contributed by atoms with van der Waals surface area (Å²) in [5, 5.41) is 14.3. The fourth-order valence-electron chi connectivity index (χ4n) is 10.9. The number of ketones is 1. The van der Waals surface area contributed by atoms with Crippen molar-refractivity contribution < 1.29 is 29.0 Å². The van der Waals surface area contributed by atoms with Gasteiger partial charge in [0, 0.05) is 55.9 Å². The molecule has 52 heavy (non-hydrogen) atoms. The van der Waals surface area contributed by atoms with Gasteiger partial charge in [0.1, 0.15) is 24.8 Å². The number of nitrogens with one attached hydrogen (secondary N) is 1. The minimum absolute atomic E-state index is 0.0587. The van der Waals surface area contributed by atoms with E-state index in [2.05, 4.69) is 59.8 Å². The molecule has 4 N–H and O–H groups in total. The SMILES string of the molecule is CC[C@]1(C)CC(OC(=O)NC(=O)C2CCN(C(=O)Cn3cnc4c(N5CCC(N)C5)ncnc43)CC2)C2(C)C(C)CCC3(CCC(=O)C32)C(C)[C@@H]1O. The van der Waals surface area contributed by atoms with E-state index in [9.17, 15) is 24.3 Å². The van der Waals surface area contributed by atoms with Crippen molar-refractivity contribution in [3.05, 3.63) is 12.7 Å². The van der Waals surface area contributed by atoms with Crippen molar-refractivity contribution >= 4 is 40.7 Å². The number of ether oxygens (including phenoxy) is 1. The van der Waals surface area contributed by atoms with Crippen LogP contribution < -0.4 is 16.0 Å². The van der Waals surface area contributed by atoms with Crippen LogP contribution in [0.4, 0.5) is 10.6 Å². The van der Waals surface area contributed by atoms with E-state index in [0.29, 0.717) is 62.9 Å². The maximum absolute atomic E-state index is 13.7. The van der Waals surface area contributed by atoms with Gasteiger partial charge in [-0.3, -0.25) is 19.7 Å². The molecule has 5 fully saturated rings. The molecule has 3 saturated carbocycles. The molecular weight excluding hydrogens is 664 g/mol. The highest BCUT2D eigenvalue weighted by atomic mass is 16.6. The van der Waals surface area contributed by atoms with Gasteiger partial charge in [-0.05, 0) is 74.0 Å². The molecule has 0 spiro atoms. The van der Waals surface area contributed by atoms with Crippen molar-refractivity contribution in [2.45, 2.75) is 117 Å². The summed E-state index contributed by atoms with van der Waals surface area (Å²) in [6, 6.07) is 0.0880. The molecule has 3 amide bonds. The molecule has 2 saturated heterocycles. The van der Waals surface area contributed by atoms with Gasteiger partial charge in [-0.15, -0.1) is 0 Å². The molecule has 2 aliphatic heterocycles. The molecule has 7 rings (SSSR count). The fourth-order valence-corrected chi connectivity index (χ4v) is 10.9. The average molecular weight is 721 g/mol. The molecular formula is C38H56N8O6. The van der Waals surface area contributed by atoms with E-state index < -0.39 is 41.0 Å². The number of nitrogens with zero attached hydrogens (tertiary/aromatic N) is 6. The Morgan fingerprint density at radius 3 is 2.50 bits per heavy atom. The van der Waals surface area contributed by atoms with E-state index in [4.69, 9.17) is 10.5 Å². The van der Waals surface area contributed by atoms with Crippen LogP contribution in [0.15, 0.2) is 12.7 Å². The largest absolute Gasteiger partial charge is 0.445 e. The number of carbonyl (C=O) groups excluding carboxylic acids is 4. The topological polar surface area (TPSA) is 186 Å². The van der Waals surface area contributed by atoms with E-state index in [1.54, 1.807) is 15.8 Å². The lowest BCUT2D eigenvalue weighted by molar-refractivity contribution is -0.198. The molecule has 2 aromatic heterocycles. The van der Waals surface area contributed by atoms with Crippen LogP contribution in [0.5, 0.6) is 0 Å². The summed E-state index contributed by atoms with van der Waals surface area (Å²) in [6.07, 6.45) is 6.77. The Hall–Kier alpha value is -3.65. The lowest BCUT2D eigenvalue weighted by atomic mass is 9.43. The molecule has 5 aliphatic rings. The van der Waals surface area contributed by atoms with Crippen molar-refractivity contribution in [1.29, 1.82) is 0 Å². The summed E-state index contributed by atoms with van der Waals surface area (Å²) in [6.45, 7) is 12.8. The van der Waals surface area contributed by atoms with Crippen LogP contribution in [0, 0.1) is 39.9 Å². The number of piperidine rings is 1. The Labute approximate surface area is 305 Å². The first kappa shape index (κ1) is 36.7. The predicted octanol–water partition coefficient (Wildman–Crippen LogP) is 3.44. The Morgan fingerprint density at radius 2 is 1.81 bits per heavy atom. The molecule has 2 bridgehead atoms. The lowest BCUT2D eigenvalue weighted by Gasteiger charge is -2.62. The van der Waals surface area contributed by atoms with Gasteiger partial charge in [0.05, 0.1) is 12.4 Å². The summed E-state index contributed by atoms with van der Waals surface area (Å²) < 4.78 is 7.98. The second-order valence-corrected chi connectivity index (χ2v) is 17.2. The van der Waals surface area contributed by atoms with Gasteiger partial charge in [0.25, 0.3) is 0 Å². The zero-order chi connectivity index (χ0) is 37.2. The number of alkyl carbamates (subject to hydrolysis) is 1. The Bertz CT molecular complexity index is 1730. The molecule has 284 valence electrons. The molecule has 9 atom stereocenters. The Kier molecular flexibility index (Phi) is 9.63. The average Bonchev–Trinajstić information content (AvgIpc) is 3.85. The number of fused-ring (bicyclic) bond motifs is 1. The summed E-state index contributed by atoms with van der Waals surface area (Å²) in [5.41, 5.74) is 5.82. The van der Waals surface area contributed by atoms with E-state index >= 15 is 0 Å². The molecule has 2 aromatic rings. The number of aliphatic hydroxyl groups excluding tert-OH is 1. The van der Waals surface area contributed by atoms with Crippen molar-refractivity contribution in [3.63, 3.8) is 0 Å². The van der Waals surface area contributed by atoms with Crippen LogP contribution in [0.25, 0.3) is 11.2 Å². The molecule has 14 heteroatoms. The summed E-state index contributed by atoms with van der Waals surface area (Å²) in [5.74, 6) is -0.321. The van der Waals surface area contributed by atoms with Gasteiger partial charge >= 0.3 is 6.09 Å². The number of aliphatic hydroxyl groups is 1. The number of imide groups is 1. The number of hydrogen-bond acceptors (Lipinski definition) is 11. The number of aromatic nitrogens is 4. The van der Waals surface area contributed by atoms with Crippen molar-refractivity contribution in [3.8, 4) is 0 Å². The second-order valence-electron chi connectivity index (χ2n) is 17.2. The zero-order valence-corrected chi connectivity index (χ0v) is 31.3. The normalized spacial score (nSPS) is 36.7. The zero-order valence-electron chi connectivity index (χ0n) is 31.3. The van der Waals surface area contributed by atoms with E-state index in [1.165, 1.54) is 6.33 Å². The molecule has 14 nitrogen and oxygen atoms in total. The highest BCUT2D eigenvalue weighted by molar-refractivity contribution is 5.93. The minimum Gasteiger partial charge on any atom is -0.445 e. The number of amides is 3. The number of nitrogens with two attached hydrogens (primary N) is 1. The first-order chi connectivity index (χ1) is 24.7. The smallest absolute Gasteiger partial charge is 0.414 e. The highest BCUT2D eigenvalue weighted by Crippen LogP contribution is 2.68. The van der Waals surface area contributed by atoms with E-state index in [-0.39, 0.29) is 47.4 Å². The Balaban J connectivity index is 0.986. The van der Waals surface area contributed by atoms with Gasteiger partial charge in [0.2, 0.25) is 11.8 Å². The molecule has 0 radical (unpaired) electrons. The van der Waals surface area contributed by atoms with Gasteiger partial charge in [0.15, 0.2) is 17.0 Å². The lowest BCUT2D eigenvalue weighted by Crippen LogP contribution is -2.63. The third-order valence-electron chi connectivity index (χ3n) is 14.6. The van der Waals surface area contributed by atoms with Crippen molar-refractivity contribution in [2.24, 2.45) is 45.7 Å². The monoisotopic (exact) mass is 720 g/mol. The first-order valence-corrected chi connectivity index (χ1v) is 19.4. The predicted molar refractivity (Wildman–Crippen MR) is 193 cm³/mol. The molecule has 4 heterocycles. The van der Waals surface area contributed by atoms with Gasteiger partial charge in [-0.2, -0.15) is 0 Å². The molecule has 0 aromatic carbocycles. The number of imidazole rings is 1. The third kappa shape index (κ3) is 5.97. The number of rotatable bonds is 6. The molecule has 7 unspecified atom stereocenters. The Morgan fingerprint density at radius 1 is 1.06 bits per heavy atom. The number of likely N-dealkylation sites (tertiary alicyclic amines) is 1. The van der Waals surface area contributed by atoms with E-state index in [0.717, 1.165) is 38.0 Å².